The molecule has 8 nitrogen and oxygen atoms in total. The number of rotatable bonds is 3. The number of fused-ring (bicyclic) bond motifs is 1. The quantitative estimate of drug-likeness (QED) is 0.662. The minimum Gasteiger partial charge on any atom is -0.486 e. The minimum atomic E-state index is -0.304. The van der Waals surface area contributed by atoms with Crippen molar-refractivity contribution in [2.24, 2.45) is 0 Å². The Hall–Kier alpha value is -3.49. The van der Waals surface area contributed by atoms with Crippen LogP contribution in [0.5, 0.6) is 11.5 Å². The van der Waals surface area contributed by atoms with Crippen molar-refractivity contribution < 1.29 is 18.7 Å². The molecule has 2 aromatic carbocycles. The number of ether oxygens (including phenoxy) is 2. The van der Waals surface area contributed by atoms with Crippen LogP contribution in [0.2, 0.25) is 0 Å². The van der Waals surface area contributed by atoms with Gasteiger partial charge in [0.05, 0.1) is 6.04 Å². The number of carbonyl (C=O) groups excluding carboxylic acids is 1. The third kappa shape index (κ3) is 3.58. The monoisotopic (exact) mass is 409 g/mol. The van der Waals surface area contributed by atoms with Gasteiger partial charge in [-0.1, -0.05) is 0 Å². The third-order valence-electron chi connectivity index (χ3n) is 5.40. The van der Waals surface area contributed by atoms with E-state index in [4.69, 9.17) is 9.47 Å². The molecule has 0 radical (unpaired) electrons. The Morgan fingerprint density at radius 2 is 1.73 bits per heavy atom. The van der Waals surface area contributed by atoms with Crippen molar-refractivity contribution in [2.75, 3.05) is 26.3 Å². The molecule has 154 valence electrons. The Balaban J connectivity index is 1.23. The fourth-order valence-corrected chi connectivity index (χ4v) is 3.75. The summed E-state index contributed by atoms with van der Waals surface area (Å²) in [4.78, 5) is 16.3. The van der Waals surface area contributed by atoms with Gasteiger partial charge >= 0.3 is 0 Å². The normalized spacial score (nSPS) is 16.5. The van der Waals surface area contributed by atoms with Crippen LogP contribution >= 0.6 is 0 Å². The Kier molecular flexibility index (Phi) is 4.78. The average Bonchev–Trinajstić information content (AvgIpc) is 3.29. The summed E-state index contributed by atoms with van der Waals surface area (Å²) in [6.07, 6.45) is 1.46. The van der Waals surface area contributed by atoms with Crippen molar-refractivity contribution >= 4 is 5.91 Å². The molecule has 0 N–H and O–H groups in total. The second-order valence-corrected chi connectivity index (χ2v) is 7.32. The molecule has 0 bridgehead atoms. The number of hydrogen-bond donors (Lipinski definition) is 0. The Morgan fingerprint density at radius 1 is 1.00 bits per heavy atom. The SMILES string of the molecule is O=C(c1ccc2c(c1)OCCO2)N1CCC(n2nnc(-c3ccc(F)cc3)n2)CC1. The molecule has 1 aromatic heterocycles. The zero-order chi connectivity index (χ0) is 20.5. The molecule has 0 aliphatic carbocycles. The lowest BCUT2D eigenvalue weighted by molar-refractivity contribution is 0.0682. The molecule has 0 atom stereocenters. The van der Waals surface area contributed by atoms with Crippen LogP contribution in [0.25, 0.3) is 11.4 Å². The highest BCUT2D eigenvalue weighted by Gasteiger charge is 2.27. The zero-order valence-corrected chi connectivity index (χ0v) is 16.2. The van der Waals surface area contributed by atoms with Crippen LogP contribution < -0.4 is 9.47 Å². The van der Waals surface area contributed by atoms with Gasteiger partial charge < -0.3 is 14.4 Å². The van der Waals surface area contributed by atoms with Crippen LogP contribution in [0.3, 0.4) is 0 Å². The van der Waals surface area contributed by atoms with Gasteiger partial charge in [-0.2, -0.15) is 4.80 Å². The van der Waals surface area contributed by atoms with Gasteiger partial charge in [0.1, 0.15) is 19.0 Å². The molecule has 5 rings (SSSR count). The Morgan fingerprint density at radius 3 is 2.50 bits per heavy atom. The van der Waals surface area contributed by atoms with Gasteiger partial charge in [0, 0.05) is 24.2 Å². The van der Waals surface area contributed by atoms with E-state index in [1.807, 2.05) is 4.90 Å². The van der Waals surface area contributed by atoms with Crippen LogP contribution in [0, 0.1) is 5.82 Å². The lowest BCUT2D eigenvalue weighted by Crippen LogP contribution is -2.39. The van der Waals surface area contributed by atoms with Crippen LogP contribution in [0.4, 0.5) is 4.39 Å². The van der Waals surface area contributed by atoms with Crippen molar-refractivity contribution in [1.82, 2.24) is 25.1 Å². The maximum atomic E-state index is 13.1. The van der Waals surface area contributed by atoms with E-state index in [9.17, 15) is 9.18 Å². The maximum absolute atomic E-state index is 13.1. The van der Waals surface area contributed by atoms with E-state index in [2.05, 4.69) is 15.4 Å². The highest BCUT2D eigenvalue weighted by molar-refractivity contribution is 5.95. The molecular formula is C21H20FN5O3. The number of likely N-dealkylation sites (tertiary alicyclic amines) is 1. The van der Waals surface area contributed by atoms with Crippen LogP contribution in [-0.4, -0.2) is 57.3 Å². The van der Waals surface area contributed by atoms with Crippen LogP contribution in [0.15, 0.2) is 42.5 Å². The van der Waals surface area contributed by atoms with Gasteiger partial charge in [0.2, 0.25) is 5.82 Å². The molecule has 1 fully saturated rings. The first-order chi connectivity index (χ1) is 14.7. The molecule has 1 saturated heterocycles. The lowest BCUT2D eigenvalue weighted by atomic mass is 10.0. The molecule has 1 amide bonds. The summed E-state index contributed by atoms with van der Waals surface area (Å²) < 4.78 is 24.2. The molecule has 9 heteroatoms. The van der Waals surface area contributed by atoms with Crippen molar-refractivity contribution in [3.05, 3.63) is 53.8 Å². The first kappa shape index (κ1) is 18.5. The molecule has 0 unspecified atom stereocenters. The predicted octanol–water partition coefficient (Wildman–Crippen LogP) is 2.73. The number of benzene rings is 2. The van der Waals surface area contributed by atoms with Gasteiger partial charge in [-0.05, 0) is 60.5 Å². The summed E-state index contributed by atoms with van der Waals surface area (Å²) in [5.74, 6) is 1.42. The summed E-state index contributed by atoms with van der Waals surface area (Å²) in [7, 11) is 0. The van der Waals surface area contributed by atoms with E-state index in [1.165, 1.54) is 12.1 Å². The first-order valence-electron chi connectivity index (χ1n) is 9.92. The Bertz CT molecular complexity index is 1060. The minimum absolute atomic E-state index is 0.0241. The first-order valence-corrected chi connectivity index (χ1v) is 9.92. The van der Waals surface area contributed by atoms with Crippen molar-refractivity contribution in [2.45, 2.75) is 18.9 Å². The van der Waals surface area contributed by atoms with E-state index >= 15 is 0 Å². The molecule has 2 aliphatic rings. The summed E-state index contributed by atoms with van der Waals surface area (Å²) in [6.45, 7) is 2.21. The number of tetrazole rings is 1. The standard InChI is InChI=1S/C21H20FN5O3/c22-16-4-1-14(2-5-16)20-23-25-27(24-20)17-7-9-26(10-8-17)21(28)15-3-6-18-19(13-15)30-12-11-29-18/h1-6,13,17H,7-12H2. The molecule has 2 aliphatic heterocycles. The van der Waals surface area contributed by atoms with Gasteiger partial charge in [-0.3, -0.25) is 4.79 Å². The van der Waals surface area contributed by atoms with Crippen LogP contribution in [-0.2, 0) is 0 Å². The highest BCUT2D eigenvalue weighted by atomic mass is 19.1. The van der Waals surface area contributed by atoms with E-state index in [0.717, 1.165) is 12.8 Å². The molecule has 30 heavy (non-hydrogen) atoms. The van der Waals surface area contributed by atoms with E-state index < -0.39 is 0 Å². The lowest BCUT2D eigenvalue weighted by Gasteiger charge is -2.31. The fourth-order valence-electron chi connectivity index (χ4n) is 3.75. The topological polar surface area (TPSA) is 82.4 Å². The number of nitrogens with zero attached hydrogens (tertiary/aromatic N) is 5. The van der Waals surface area contributed by atoms with Gasteiger partial charge in [0.25, 0.3) is 5.91 Å². The maximum Gasteiger partial charge on any atom is 0.253 e. The number of piperidine rings is 1. The number of halogens is 1. The second kappa shape index (κ2) is 7.74. The Labute approximate surface area is 172 Å². The summed E-state index contributed by atoms with van der Waals surface area (Å²) >= 11 is 0. The molecule has 3 heterocycles. The highest BCUT2D eigenvalue weighted by Crippen LogP contribution is 2.32. The van der Waals surface area contributed by atoms with E-state index in [0.29, 0.717) is 54.8 Å². The van der Waals surface area contributed by atoms with Crippen molar-refractivity contribution in [3.63, 3.8) is 0 Å². The second-order valence-electron chi connectivity index (χ2n) is 7.32. The van der Waals surface area contributed by atoms with Crippen molar-refractivity contribution in [3.8, 4) is 22.9 Å². The number of aromatic nitrogens is 4. The molecule has 0 spiro atoms. The third-order valence-corrected chi connectivity index (χ3v) is 5.40. The molecule has 3 aromatic rings. The van der Waals surface area contributed by atoms with Gasteiger partial charge in [-0.15, -0.1) is 10.2 Å². The summed E-state index contributed by atoms with van der Waals surface area (Å²) in [6, 6.07) is 11.4. The molecular weight excluding hydrogens is 389 g/mol. The predicted molar refractivity (Wildman–Crippen MR) is 105 cm³/mol. The van der Waals surface area contributed by atoms with Gasteiger partial charge in [0.15, 0.2) is 11.5 Å². The van der Waals surface area contributed by atoms with Crippen LogP contribution in [0.1, 0.15) is 29.2 Å². The summed E-state index contributed by atoms with van der Waals surface area (Å²) in [5.41, 5.74) is 1.31. The van der Waals surface area contributed by atoms with Gasteiger partial charge in [-0.25, -0.2) is 4.39 Å². The fraction of sp³-hybridized carbons (Fsp3) is 0.333. The average molecular weight is 409 g/mol. The smallest absolute Gasteiger partial charge is 0.253 e. The number of carbonyl (C=O) groups is 1. The van der Waals surface area contributed by atoms with Crippen molar-refractivity contribution in [1.29, 1.82) is 0 Å². The van der Waals surface area contributed by atoms with E-state index in [-0.39, 0.29) is 17.8 Å². The number of amides is 1. The largest absolute Gasteiger partial charge is 0.486 e. The number of hydrogen-bond acceptors (Lipinski definition) is 6. The summed E-state index contributed by atoms with van der Waals surface area (Å²) in [5, 5.41) is 12.7. The zero-order valence-electron chi connectivity index (χ0n) is 16.2. The van der Waals surface area contributed by atoms with E-state index in [1.54, 1.807) is 35.1 Å². The molecule has 0 saturated carbocycles.